The summed E-state index contributed by atoms with van der Waals surface area (Å²) in [4.78, 5) is 0. The van der Waals surface area contributed by atoms with Gasteiger partial charge in [0.1, 0.15) is 0 Å². The number of hydrogen-bond acceptors (Lipinski definition) is 1. The van der Waals surface area contributed by atoms with E-state index in [4.69, 9.17) is 4.74 Å². The van der Waals surface area contributed by atoms with E-state index in [2.05, 4.69) is 46.1 Å². The zero-order valence-electron chi connectivity index (χ0n) is 8.56. The van der Waals surface area contributed by atoms with Gasteiger partial charge in [-0.3, -0.25) is 0 Å². The Hall–Kier alpha value is -0.243. The van der Waals surface area contributed by atoms with Crippen LogP contribution in [0.3, 0.4) is 0 Å². The zero-order valence-corrected chi connectivity index (χ0v) is 9.56. The SMILES string of the molecule is CC(C)(C)OC=C[Si](C)(C)C. The largest absolute Gasteiger partial charge is 0.496 e. The summed E-state index contributed by atoms with van der Waals surface area (Å²) in [6.07, 6.45) is 1.85. The van der Waals surface area contributed by atoms with Crippen molar-refractivity contribution in [1.29, 1.82) is 0 Å². The molecule has 0 aromatic carbocycles. The molecule has 0 radical (unpaired) electrons. The molecule has 2 heteroatoms. The smallest absolute Gasteiger partial charge is 0.0997 e. The van der Waals surface area contributed by atoms with Crippen molar-refractivity contribution in [3.63, 3.8) is 0 Å². The lowest BCUT2D eigenvalue weighted by Crippen LogP contribution is -2.19. The van der Waals surface area contributed by atoms with Crippen molar-refractivity contribution in [2.75, 3.05) is 0 Å². The van der Waals surface area contributed by atoms with E-state index in [-0.39, 0.29) is 5.60 Å². The predicted molar refractivity (Wildman–Crippen MR) is 53.3 cm³/mol. The van der Waals surface area contributed by atoms with E-state index in [1.165, 1.54) is 0 Å². The first kappa shape index (κ1) is 10.8. The van der Waals surface area contributed by atoms with Crippen molar-refractivity contribution in [2.24, 2.45) is 0 Å². The molecule has 0 aliphatic heterocycles. The van der Waals surface area contributed by atoms with Gasteiger partial charge >= 0.3 is 0 Å². The molecule has 0 unspecified atom stereocenters. The minimum Gasteiger partial charge on any atom is -0.496 e. The molecule has 0 fully saturated rings. The van der Waals surface area contributed by atoms with E-state index in [0.29, 0.717) is 0 Å². The van der Waals surface area contributed by atoms with Crippen molar-refractivity contribution < 1.29 is 4.74 Å². The summed E-state index contributed by atoms with van der Waals surface area (Å²) in [6, 6.07) is 0. The maximum atomic E-state index is 5.46. The van der Waals surface area contributed by atoms with Crippen molar-refractivity contribution in [3.8, 4) is 0 Å². The maximum absolute atomic E-state index is 5.46. The minimum atomic E-state index is -1.06. The summed E-state index contributed by atoms with van der Waals surface area (Å²) < 4.78 is 5.46. The molecule has 1 nitrogen and oxygen atoms in total. The van der Waals surface area contributed by atoms with Crippen molar-refractivity contribution in [1.82, 2.24) is 0 Å². The second-order valence-electron chi connectivity index (χ2n) is 4.90. The minimum absolute atomic E-state index is 0.0455. The van der Waals surface area contributed by atoms with Crippen LogP contribution < -0.4 is 0 Å². The van der Waals surface area contributed by atoms with Crippen LogP contribution in [0, 0.1) is 0 Å². The summed E-state index contributed by atoms with van der Waals surface area (Å²) in [6.45, 7) is 13.0. The monoisotopic (exact) mass is 172 g/mol. The van der Waals surface area contributed by atoms with Gasteiger partial charge in [0, 0.05) is 0 Å². The van der Waals surface area contributed by atoms with Gasteiger partial charge in [-0.1, -0.05) is 25.3 Å². The molecular formula is C9H20OSi. The van der Waals surface area contributed by atoms with Gasteiger partial charge in [-0.25, -0.2) is 0 Å². The van der Waals surface area contributed by atoms with Crippen LogP contribution in [0.25, 0.3) is 0 Å². The van der Waals surface area contributed by atoms with Gasteiger partial charge in [0.25, 0.3) is 0 Å². The Morgan fingerprint density at radius 1 is 1.09 bits per heavy atom. The van der Waals surface area contributed by atoms with E-state index in [9.17, 15) is 0 Å². The molecule has 0 aromatic heterocycles. The van der Waals surface area contributed by atoms with Gasteiger partial charge in [-0.05, 0) is 20.8 Å². The van der Waals surface area contributed by atoms with Crippen LogP contribution in [0.5, 0.6) is 0 Å². The van der Waals surface area contributed by atoms with Gasteiger partial charge in [-0.2, -0.15) is 0 Å². The lowest BCUT2D eigenvalue weighted by atomic mass is 10.2. The van der Waals surface area contributed by atoms with Crippen LogP contribution in [0.4, 0.5) is 0 Å². The molecule has 0 saturated heterocycles. The Balaban J connectivity index is 3.80. The Bertz CT molecular complexity index is 137. The molecular weight excluding hydrogens is 152 g/mol. The van der Waals surface area contributed by atoms with E-state index in [1.54, 1.807) is 0 Å². The third kappa shape index (κ3) is 9.76. The molecule has 0 heterocycles. The molecule has 66 valence electrons. The Labute approximate surface area is 71.5 Å². The van der Waals surface area contributed by atoms with Gasteiger partial charge in [0.15, 0.2) is 0 Å². The van der Waals surface area contributed by atoms with Crippen LogP contribution in [-0.2, 0) is 4.74 Å². The van der Waals surface area contributed by atoms with Crippen molar-refractivity contribution >= 4 is 8.07 Å². The molecule has 0 saturated carbocycles. The fraction of sp³-hybridized carbons (Fsp3) is 0.778. The summed E-state index contributed by atoms with van der Waals surface area (Å²) in [7, 11) is -1.06. The van der Waals surface area contributed by atoms with Crippen molar-refractivity contribution in [2.45, 2.75) is 46.0 Å². The average Bonchev–Trinajstić information content (AvgIpc) is 1.55. The summed E-state index contributed by atoms with van der Waals surface area (Å²) in [5.74, 6) is 0. The first-order valence-electron chi connectivity index (χ1n) is 4.06. The molecule has 0 aromatic rings. The topological polar surface area (TPSA) is 9.23 Å². The lowest BCUT2D eigenvalue weighted by Gasteiger charge is -2.19. The predicted octanol–water partition coefficient (Wildman–Crippen LogP) is 3.19. The van der Waals surface area contributed by atoms with E-state index in [1.807, 2.05) is 6.26 Å². The molecule has 0 spiro atoms. The number of rotatable bonds is 2. The molecule has 0 aliphatic rings. The van der Waals surface area contributed by atoms with Gasteiger partial charge < -0.3 is 4.74 Å². The molecule has 0 bridgehead atoms. The Kier molecular flexibility index (Phi) is 3.36. The quantitative estimate of drug-likeness (QED) is 0.459. The fourth-order valence-electron chi connectivity index (χ4n) is 0.442. The van der Waals surface area contributed by atoms with Crippen LogP contribution in [0.15, 0.2) is 12.0 Å². The van der Waals surface area contributed by atoms with Crippen LogP contribution in [0.1, 0.15) is 20.8 Å². The van der Waals surface area contributed by atoms with Crippen LogP contribution in [0.2, 0.25) is 19.6 Å². The summed E-state index contributed by atoms with van der Waals surface area (Å²) in [5.41, 5.74) is 2.16. The van der Waals surface area contributed by atoms with E-state index in [0.717, 1.165) is 0 Å². The highest BCUT2D eigenvalue weighted by Gasteiger charge is 2.10. The van der Waals surface area contributed by atoms with Crippen LogP contribution >= 0.6 is 0 Å². The Morgan fingerprint density at radius 2 is 1.55 bits per heavy atom. The normalized spacial score (nSPS) is 14.0. The van der Waals surface area contributed by atoms with Gasteiger partial charge in [0.05, 0.1) is 19.9 Å². The van der Waals surface area contributed by atoms with Crippen LogP contribution in [-0.4, -0.2) is 13.7 Å². The number of hydrogen-bond donors (Lipinski definition) is 0. The van der Waals surface area contributed by atoms with E-state index >= 15 is 0 Å². The molecule has 0 aliphatic carbocycles. The third-order valence-electron chi connectivity index (χ3n) is 0.990. The molecule has 0 amide bonds. The first-order valence-corrected chi connectivity index (χ1v) is 7.64. The maximum Gasteiger partial charge on any atom is 0.0997 e. The standard InChI is InChI=1S/C9H20OSi/c1-9(2,3)10-7-8-11(4,5)6/h7-8H,1-6H3. The summed E-state index contributed by atoms with van der Waals surface area (Å²) in [5, 5.41) is 0. The Morgan fingerprint density at radius 3 is 1.82 bits per heavy atom. The second kappa shape index (κ2) is 3.44. The third-order valence-corrected chi connectivity index (χ3v) is 2.13. The molecule has 0 N–H and O–H groups in total. The summed E-state index contributed by atoms with van der Waals surface area (Å²) >= 11 is 0. The molecule has 11 heavy (non-hydrogen) atoms. The highest BCUT2D eigenvalue weighted by molar-refractivity contribution is 6.80. The highest BCUT2D eigenvalue weighted by atomic mass is 28.3. The lowest BCUT2D eigenvalue weighted by molar-refractivity contribution is 0.0770. The molecule has 0 atom stereocenters. The number of ether oxygens (including phenoxy) is 1. The average molecular weight is 172 g/mol. The van der Waals surface area contributed by atoms with Gasteiger partial charge in [0.2, 0.25) is 0 Å². The molecule has 0 rings (SSSR count). The fourth-order valence-corrected chi connectivity index (χ4v) is 0.919. The first-order chi connectivity index (χ1) is 4.71. The second-order valence-corrected chi connectivity index (χ2v) is 9.96. The van der Waals surface area contributed by atoms with Gasteiger partial charge in [-0.15, -0.1) is 0 Å². The van der Waals surface area contributed by atoms with Crippen molar-refractivity contribution in [3.05, 3.63) is 12.0 Å². The zero-order chi connectivity index (χ0) is 9.12. The van der Waals surface area contributed by atoms with E-state index < -0.39 is 8.07 Å². The highest BCUT2D eigenvalue weighted by Crippen LogP contribution is 2.09.